The third-order valence-electron chi connectivity index (χ3n) is 2.58. The number of rotatable bonds is 3. The van der Waals surface area contributed by atoms with Crippen LogP contribution in [0.1, 0.15) is 0 Å². The van der Waals surface area contributed by atoms with Crippen molar-refractivity contribution < 1.29 is 14.8 Å². The average Bonchev–Trinajstić information content (AvgIpc) is 2.39. The molecule has 0 atom stereocenters. The molecule has 0 saturated carbocycles. The predicted octanol–water partition coefficient (Wildman–Crippen LogP) is 2.98. The molecule has 0 saturated heterocycles. The second kappa shape index (κ2) is 4.75. The zero-order chi connectivity index (χ0) is 13.1. The van der Waals surface area contributed by atoms with Gasteiger partial charge < -0.3 is 9.84 Å². The van der Waals surface area contributed by atoms with Gasteiger partial charge in [0.05, 0.1) is 12.0 Å². The summed E-state index contributed by atoms with van der Waals surface area (Å²) in [7, 11) is 1.55. The Kier molecular flexibility index (Phi) is 3.14. The van der Waals surface area contributed by atoms with Gasteiger partial charge in [0.2, 0.25) is 0 Å². The summed E-state index contributed by atoms with van der Waals surface area (Å²) in [5.74, 6) is 0.329. The fourth-order valence-corrected chi connectivity index (χ4v) is 1.65. The lowest BCUT2D eigenvalue weighted by molar-refractivity contribution is -0.385. The summed E-state index contributed by atoms with van der Waals surface area (Å²) in [5, 5.41) is 20.1. The number of ether oxygens (including phenoxy) is 1. The van der Waals surface area contributed by atoms with E-state index < -0.39 is 4.92 Å². The molecule has 18 heavy (non-hydrogen) atoms. The van der Waals surface area contributed by atoms with Crippen LogP contribution >= 0.6 is 0 Å². The van der Waals surface area contributed by atoms with Crippen molar-refractivity contribution in [1.29, 1.82) is 0 Å². The second-order valence-corrected chi connectivity index (χ2v) is 3.69. The van der Waals surface area contributed by atoms with Crippen molar-refractivity contribution in [2.45, 2.75) is 0 Å². The van der Waals surface area contributed by atoms with Gasteiger partial charge in [-0.25, -0.2) is 0 Å². The highest BCUT2D eigenvalue weighted by Crippen LogP contribution is 2.32. The largest absolute Gasteiger partial charge is 0.502 e. The zero-order valence-electron chi connectivity index (χ0n) is 9.66. The van der Waals surface area contributed by atoms with Gasteiger partial charge in [-0.2, -0.15) is 0 Å². The van der Waals surface area contributed by atoms with Crippen LogP contribution in [0.15, 0.2) is 42.5 Å². The van der Waals surface area contributed by atoms with E-state index in [1.165, 1.54) is 12.1 Å². The van der Waals surface area contributed by atoms with E-state index in [-0.39, 0.29) is 11.4 Å². The van der Waals surface area contributed by atoms with Crippen molar-refractivity contribution in [2.75, 3.05) is 7.11 Å². The van der Waals surface area contributed by atoms with E-state index >= 15 is 0 Å². The number of nitrogens with zero attached hydrogens (tertiary/aromatic N) is 1. The van der Waals surface area contributed by atoms with Crippen LogP contribution < -0.4 is 4.74 Å². The second-order valence-electron chi connectivity index (χ2n) is 3.69. The minimum atomic E-state index is -0.612. The Bertz CT molecular complexity index is 595. The van der Waals surface area contributed by atoms with E-state index in [9.17, 15) is 15.2 Å². The molecule has 0 aliphatic heterocycles. The first kappa shape index (κ1) is 11.9. The van der Waals surface area contributed by atoms with Crippen LogP contribution in [0.25, 0.3) is 11.1 Å². The minimum Gasteiger partial charge on any atom is -0.502 e. The molecule has 0 heterocycles. The van der Waals surface area contributed by atoms with Crippen LogP contribution in [0.5, 0.6) is 11.5 Å². The van der Waals surface area contributed by atoms with Gasteiger partial charge >= 0.3 is 5.69 Å². The summed E-state index contributed by atoms with van der Waals surface area (Å²) in [6, 6.07) is 11.5. The molecule has 2 aromatic carbocycles. The summed E-state index contributed by atoms with van der Waals surface area (Å²) >= 11 is 0. The highest BCUT2D eigenvalue weighted by Gasteiger charge is 2.14. The zero-order valence-corrected chi connectivity index (χ0v) is 9.66. The van der Waals surface area contributed by atoms with Gasteiger partial charge in [-0.05, 0) is 29.3 Å². The Hall–Kier alpha value is -2.56. The molecule has 0 aliphatic rings. The van der Waals surface area contributed by atoms with Gasteiger partial charge in [0.15, 0.2) is 5.75 Å². The summed E-state index contributed by atoms with van der Waals surface area (Å²) < 4.78 is 5.09. The van der Waals surface area contributed by atoms with E-state index in [4.69, 9.17) is 4.74 Å². The molecule has 0 amide bonds. The first-order valence-corrected chi connectivity index (χ1v) is 5.23. The van der Waals surface area contributed by atoms with Crippen molar-refractivity contribution in [3.8, 4) is 22.6 Å². The first-order valence-electron chi connectivity index (χ1n) is 5.23. The molecule has 0 bridgehead atoms. The van der Waals surface area contributed by atoms with Crippen LogP contribution in [0.2, 0.25) is 0 Å². The van der Waals surface area contributed by atoms with Crippen molar-refractivity contribution >= 4 is 5.69 Å². The number of nitro groups is 1. The van der Waals surface area contributed by atoms with Gasteiger partial charge in [0.25, 0.3) is 0 Å². The minimum absolute atomic E-state index is 0.310. The molecule has 0 spiro atoms. The van der Waals surface area contributed by atoms with E-state index in [1.54, 1.807) is 31.4 Å². The maximum Gasteiger partial charge on any atom is 0.311 e. The molecule has 0 unspecified atom stereocenters. The van der Waals surface area contributed by atoms with Crippen LogP contribution in [0.3, 0.4) is 0 Å². The quantitative estimate of drug-likeness (QED) is 0.666. The van der Waals surface area contributed by atoms with Crippen LogP contribution in [-0.2, 0) is 0 Å². The summed E-state index contributed by atoms with van der Waals surface area (Å²) in [4.78, 5) is 10.1. The molecule has 2 aromatic rings. The summed E-state index contributed by atoms with van der Waals surface area (Å²) in [6.07, 6.45) is 0. The first-order chi connectivity index (χ1) is 8.61. The van der Waals surface area contributed by atoms with E-state index in [2.05, 4.69) is 0 Å². The predicted molar refractivity (Wildman–Crippen MR) is 66.7 cm³/mol. The lowest BCUT2D eigenvalue weighted by atomic mass is 10.0. The Morgan fingerprint density at radius 1 is 1.17 bits per heavy atom. The third-order valence-corrected chi connectivity index (χ3v) is 2.58. The Balaban J connectivity index is 2.50. The van der Waals surface area contributed by atoms with Gasteiger partial charge in [-0.15, -0.1) is 0 Å². The molecule has 2 rings (SSSR count). The maximum atomic E-state index is 10.7. The number of methoxy groups -OCH3 is 1. The van der Waals surface area contributed by atoms with E-state index in [1.807, 2.05) is 6.07 Å². The molecular formula is C13H11NO4. The van der Waals surface area contributed by atoms with Crippen LogP contribution in [-0.4, -0.2) is 17.1 Å². The van der Waals surface area contributed by atoms with Crippen molar-refractivity contribution in [2.24, 2.45) is 0 Å². The van der Waals surface area contributed by atoms with E-state index in [0.717, 1.165) is 5.56 Å². The van der Waals surface area contributed by atoms with Crippen molar-refractivity contribution in [1.82, 2.24) is 0 Å². The van der Waals surface area contributed by atoms with Crippen LogP contribution in [0, 0.1) is 10.1 Å². The maximum absolute atomic E-state index is 10.7. The molecule has 5 heteroatoms. The SMILES string of the molecule is COc1cccc(-c2ccc(O)c([N+](=O)[O-])c2)c1. The van der Waals surface area contributed by atoms with Gasteiger partial charge in [0, 0.05) is 6.07 Å². The highest BCUT2D eigenvalue weighted by atomic mass is 16.6. The van der Waals surface area contributed by atoms with Gasteiger partial charge in [-0.1, -0.05) is 18.2 Å². The normalized spacial score (nSPS) is 10.1. The topological polar surface area (TPSA) is 72.6 Å². The number of nitro benzene ring substituents is 1. The molecule has 92 valence electrons. The lowest BCUT2D eigenvalue weighted by Crippen LogP contribution is -1.90. The average molecular weight is 245 g/mol. The monoisotopic (exact) mass is 245 g/mol. The highest BCUT2D eigenvalue weighted by molar-refractivity contribution is 5.69. The molecule has 0 aliphatic carbocycles. The van der Waals surface area contributed by atoms with Crippen molar-refractivity contribution in [3.05, 3.63) is 52.6 Å². The number of hydrogen-bond acceptors (Lipinski definition) is 4. The number of aromatic hydroxyl groups is 1. The fraction of sp³-hybridized carbons (Fsp3) is 0.0769. The summed E-state index contributed by atoms with van der Waals surface area (Å²) in [5.41, 5.74) is 1.13. The molecular weight excluding hydrogens is 234 g/mol. The Morgan fingerprint density at radius 2 is 1.89 bits per heavy atom. The fourth-order valence-electron chi connectivity index (χ4n) is 1.65. The molecule has 0 fully saturated rings. The molecule has 0 radical (unpaired) electrons. The van der Waals surface area contributed by atoms with Gasteiger partial charge in [0.1, 0.15) is 5.75 Å². The smallest absolute Gasteiger partial charge is 0.311 e. The molecule has 0 aromatic heterocycles. The number of phenols is 1. The van der Waals surface area contributed by atoms with E-state index in [0.29, 0.717) is 11.3 Å². The summed E-state index contributed by atoms with van der Waals surface area (Å²) in [6.45, 7) is 0. The molecule has 5 nitrogen and oxygen atoms in total. The lowest BCUT2D eigenvalue weighted by Gasteiger charge is -2.05. The molecule has 1 N–H and O–H groups in total. The standard InChI is InChI=1S/C13H11NO4/c1-18-11-4-2-3-9(7-11)10-5-6-13(15)12(8-10)14(16)17/h2-8,15H,1H3. The number of phenolic OH excluding ortho intramolecular Hbond substituents is 1. The Morgan fingerprint density at radius 3 is 2.56 bits per heavy atom. The third kappa shape index (κ3) is 2.24. The van der Waals surface area contributed by atoms with Crippen LogP contribution in [0.4, 0.5) is 5.69 Å². The van der Waals surface area contributed by atoms with Gasteiger partial charge in [-0.3, -0.25) is 10.1 Å². The number of benzene rings is 2. The van der Waals surface area contributed by atoms with Crippen molar-refractivity contribution in [3.63, 3.8) is 0 Å². The Labute approximate surface area is 103 Å². The number of hydrogen-bond donors (Lipinski definition) is 1.